The van der Waals surface area contributed by atoms with Crippen LogP contribution in [0.3, 0.4) is 0 Å². The Morgan fingerprint density at radius 2 is 2.28 bits per heavy atom. The highest BCUT2D eigenvalue weighted by molar-refractivity contribution is 9.09. The highest BCUT2D eigenvalue weighted by Gasteiger charge is 2.25. The van der Waals surface area contributed by atoms with E-state index >= 15 is 0 Å². The summed E-state index contributed by atoms with van der Waals surface area (Å²) < 4.78 is 11.0. The monoisotopic (exact) mass is 313 g/mol. The zero-order valence-corrected chi connectivity index (χ0v) is 12.8. The van der Waals surface area contributed by atoms with Crippen LogP contribution in [-0.2, 0) is 11.2 Å². The molecule has 0 bridgehead atoms. The summed E-state index contributed by atoms with van der Waals surface area (Å²) in [7, 11) is 1.72. The van der Waals surface area contributed by atoms with Crippen LogP contribution in [0.15, 0.2) is 6.20 Å². The third-order valence-electron chi connectivity index (χ3n) is 3.59. The number of alkyl halides is 1. The lowest BCUT2D eigenvalue weighted by Crippen LogP contribution is -2.29. The van der Waals surface area contributed by atoms with E-state index in [0.29, 0.717) is 10.7 Å². The average Bonchev–Trinajstić information content (AvgIpc) is 2.36. The summed E-state index contributed by atoms with van der Waals surface area (Å²) in [4.78, 5) is 5.09. The van der Waals surface area contributed by atoms with Crippen LogP contribution in [-0.4, -0.2) is 30.1 Å². The fourth-order valence-electron chi connectivity index (χ4n) is 2.48. The molecule has 0 aliphatic carbocycles. The van der Waals surface area contributed by atoms with Gasteiger partial charge in [0.1, 0.15) is 5.75 Å². The summed E-state index contributed by atoms with van der Waals surface area (Å²) in [5.41, 5.74) is 3.37. The first-order valence-corrected chi connectivity index (χ1v) is 7.26. The van der Waals surface area contributed by atoms with Crippen molar-refractivity contribution in [3.8, 4) is 5.75 Å². The summed E-state index contributed by atoms with van der Waals surface area (Å²) in [5.74, 6) is 1.46. The Kier molecular flexibility index (Phi) is 4.62. The third kappa shape index (κ3) is 2.86. The molecule has 3 nitrogen and oxygen atoms in total. The maximum atomic E-state index is 5.56. The van der Waals surface area contributed by atoms with Crippen LogP contribution < -0.4 is 4.74 Å². The van der Waals surface area contributed by atoms with Crippen molar-refractivity contribution in [1.29, 1.82) is 0 Å². The molecule has 2 atom stereocenters. The summed E-state index contributed by atoms with van der Waals surface area (Å²) in [6, 6.07) is 0. The van der Waals surface area contributed by atoms with Gasteiger partial charge in [-0.2, -0.15) is 0 Å². The third-order valence-corrected chi connectivity index (χ3v) is 4.79. The van der Waals surface area contributed by atoms with E-state index in [1.807, 2.05) is 13.1 Å². The number of hydrogen-bond donors (Lipinski definition) is 0. The lowest BCUT2D eigenvalue weighted by molar-refractivity contribution is 0.0601. The number of halogens is 1. The first kappa shape index (κ1) is 13.8. The van der Waals surface area contributed by atoms with Gasteiger partial charge in [0.15, 0.2) is 0 Å². The minimum Gasteiger partial charge on any atom is -0.496 e. The van der Waals surface area contributed by atoms with E-state index in [1.54, 1.807) is 7.11 Å². The zero-order chi connectivity index (χ0) is 13.1. The number of nitrogens with zero attached hydrogens (tertiary/aromatic N) is 1. The van der Waals surface area contributed by atoms with E-state index < -0.39 is 0 Å². The minimum atomic E-state index is 0.498. The van der Waals surface area contributed by atoms with E-state index in [2.05, 4.69) is 27.8 Å². The Balaban J connectivity index is 2.18. The molecule has 1 saturated heterocycles. The van der Waals surface area contributed by atoms with E-state index in [-0.39, 0.29) is 0 Å². The number of hydrogen-bond acceptors (Lipinski definition) is 3. The van der Waals surface area contributed by atoms with Gasteiger partial charge in [-0.15, -0.1) is 0 Å². The van der Waals surface area contributed by atoms with Crippen molar-refractivity contribution >= 4 is 15.9 Å². The number of aryl methyl sites for hydroxylation is 1. The van der Waals surface area contributed by atoms with Crippen molar-refractivity contribution in [3.05, 3.63) is 23.0 Å². The molecular formula is C14H20BrNO2. The SMILES string of the molecule is COc1c(C)cnc(CC2COCCC2Br)c1C. The Labute approximate surface area is 117 Å². The molecule has 2 unspecified atom stereocenters. The van der Waals surface area contributed by atoms with Crippen molar-refractivity contribution in [3.63, 3.8) is 0 Å². The fourth-order valence-corrected chi connectivity index (χ4v) is 3.01. The van der Waals surface area contributed by atoms with Crippen LogP contribution in [0, 0.1) is 19.8 Å². The van der Waals surface area contributed by atoms with Crippen LogP contribution in [0.2, 0.25) is 0 Å². The molecular weight excluding hydrogens is 294 g/mol. The predicted molar refractivity (Wildman–Crippen MR) is 75.6 cm³/mol. The van der Waals surface area contributed by atoms with Crippen LogP contribution in [0.1, 0.15) is 23.2 Å². The van der Waals surface area contributed by atoms with Gasteiger partial charge >= 0.3 is 0 Å². The fraction of sp³-hybridized carbons (Fsp3) is 0.643. The highest BCUT2D eigenvalue weighted by Crippen LogP contribution is 2.29. The second kappa shape index (κ2) is 6.02. The molecule has 0 saturated carbocycles. The second-order valence-electron chi connectivity index (χ2n) is 4.89. The standard InChI is InChI=1S/C14H20BrNO2/c1-9-7-16-13(10(2)14(9)17-3)6-11-8-18-5-4-12(11)15/h7,11-12H,4-6,8H2,1-3H3. The van der Waals surface area contributed by atoms with E-state index in [0.717, 1.165) is 48.6 Å². The van der Waals surface area contributed by atoms with Gasteiger partial charge in [-0.1, -0.05) is 15.9 Å². The second-order valence-corrected chi connectivity index (χ2v) is 6.07. The molecule has 2 heterocycles. The summed E-state index contributed by atoms with van der Waals surface area (Å²) in [6.07, 6.45) is 3.92. The van der Waals surface area contributed by atoms with Crippen molar-refractivity contribution < 1.29 is 9.47 Å². The molecule has 0 aromatic carbocycles. The van der Waals surface area contributed by atoms with Gasteiger partial charge in [0.25, 0.3) is 0 Å². The molecule has 0 spiro atoms. The molecule has 2 rings (SSSR count). The van der Waals surface area contributed by atoms with Crippen LogP contribution >= 0.6 is 15.9 Å². The Morgan fingerprint density at radius 1 is 1.50 bits per heavy atom. The normalized spacial score (nSPS) is 24.0. The molecule has 100 valence electrons. The first-order valence-electron chi connectivity index (χ1n) is 6.34. The van der Waals surface area contributed by atoms with Crippen molar-refractivity contribution in [1.82, 2.24) is 4.98 Å². The van der Waals surface area contributed by atoms with Gasteiger partial charge in [-0.3, -0.25) is 4.98 Å². The molecule has 1 aromatic rings. The van der Waals surface area contributed by atoms with Crippen molar-refractivity contribution in [2.75, 3.05) is 20.3 Å². The van der Waals surface area contributed by atoms with Gasteiger partial charge in [-0.25, -0.2) is 0 Å². The van der Waals surface area contributed by atoms with Gasteiger partial charge in [0, 0.05) is 40.4 Å². The number of ether oxygens (including phenoxy) is 2. The Morgan fingerprint density at radius 3 is 2.94 bits per heavy atom. The van der Waals surface area contributed by atoms with E-state index in [9.17, 15) is 0 Å². The maximum absolute atomic E-state index is 5.56. The van der Waals surface area contributed by atoms with Crippen LogP contribution in [0.4, 0.5) is 0 Å². The number of methoxy groups -OCH3 is 1. The Bertz CT molecular complexity index is 423. The van der Waals surface area contributed by atoms with Crippen molar-refractivity contribution in [2.24, 2.45) is 5.92 Å². The summed E-state index contributed by atoms with van der Waals surface area (Å²) in [6.45, 7) is 5.78. The Hall–Kier alpha value is -0.610. The smallest absolute Gasteiger partial charge is 0.128 e. The lowest BCUT2D eigenvalue weighted by atomic mass is 9.94. The lowest BCUT2D eigenvalue weighted by Gasteiger charge is -2.27. The molecule has 1 aliphatic rings. The molecule has 0 N–H and O–H groups in total. The molecule has 1 aromatic heterocycles. The van der Waals surface area contributed by atoms with Gasteiger partial charge in [0.05, 0.1) is 13.7 Å². The predicted octanol–water partition coefficient (Wildman–Crippen LogP) is 3.05. The van der Waals surface area contributed by atoms with Gasteiger partial charge in [0.2, 0.25) is 0 Å². The molecule has 1 fully saturated rings. The topological polar surface area (TPSA) is 31.4 Å². The largest absolute Gasteiger partial charge is 0.496 e. The summed E-state index contributed by atoms with van der Waals surface area (Å²) >= 11 is 3.75. The first-order chi connectivity index (χ1) is 8.63. The average molecular weight is 314 g/mol. The molecule has 1 aliphatic heterocycles. The van der Waals surface area contributed by atoms with E-state index in [4.69, 9.17) is 9.47 Å². The van der Waals surface area contributed by atoms with E-state index in [1.165, 1.54) is 0 Å². The number of aromatic nitrogens is 1. The summed E-state index contributed by atoms with van der Waals surface area (Å²) in [5, 5.41) is 0. The zero-order valence-electron chi connectivity index (χ0n) is 11.2. The molecule has 18 heavy (non-hydrogen) atoms. The minimum absolute atomic E-state index is 0.498. The quantitative estimate of drug-likeness (QED) is 0.804. The van der Waals surface area contributed by atoms with Gasteiger partial charge < -0.3 is 9.47 Å². The molecule has 0 amide bonds. The van der Waals surface area contributed by atoms with Crippen molar-refractivity contribution in [2.45, 2.75) is 31.5 Å². The molecule has 0 radical (unpaired) electrons. The van der Waals surface area contributed by atoms with Crippen LogP contribution in [0.25, 0.3) is 0 Å². The highest BCUT2D eigenvalue weighted by atomic mass is 79.9. The number of pyridine rings is 1. The molecule has 4 heteroatoms. The maximum Gasteiger partial charge on any atom is 0.128 e. The number of rotatable bonds is 3. The van der Waals surface area contributed by atoms with Gasteiger partial charge in [-0.05, 0) is 26.7 Å². The van der Waals surface area contributed by atoms with Crippen LogP contribution in [0.5, 0.6) is 5.75 Å².